The van der Waals surface area contributed by atoms with E-state index in [9.17, 15) is 0 Å². The van der Waals surface area contributed by atoms with Crippen molar-refractivity contribution in [2.45, 2.75) is 0 Å². The fourth-order valence-corrected chi connectivity index (χ4v) is 0.559. The van der Waals surface area contributed by atoms with Gasteiger partial charge in [-0.1, -0.05) is 5.02 Å². The molecule has 0 N–H and O–H groups in total. The number of thiol groups is 1. The molecule has 0 bridgehead atoms. The van der Waals surface area contributed by atoms with Crippen LogP contribution >= 0.6 is 11.4 Å². The van der Waals surface area contributed by atoms with Gasteiger partial charge in [0.15, 0.2) is 0 Å². The van der Waals surface area contributed by atoms with Crippen molar-refractivity contribution in [2.24, 2.45) is 0 Å². The summed E-state index contributed by atoms with van der Waals surface area (Å²) < 4.78 is 0. The molecule has 0 aromatic rings. The molecule has 0 saturated carbocycles. The number of hydrogen-bond acceptors (Lipinski definition) is 0. The Balaban J connectivity index is 2.98. The molecule has 0 fully saturated rings. The van der Waals surface area contributed by atoms with Gasteiger partial charge < -0.3 is 0 Å². The molecule has 1 heteroatoms. The maximum absolute atomic E-state index is 2.83. The van der Waals surface area contributed by atoms with Crippen LogP contribution in [0.25, 0.3) is 0 Å². The van der Waals surface area contributed by atoms with Gasteiger partial charge in [-0.3, -0.25) is 0 Å². The lowest BCUT2D eigenvalue weighted by Gasteiger charge is -1.46. The Morgan fingerprint density at radius 1 is 1.60 bits per heavy atom. The number of allylic oxidation sites excluding steroid dienone is 2. The second-order valence-electron chi connectivity index (χ2n) is 0.701. The zero-order chi connectivity index (χ0) is 3.54. The molecular formula is C4H3S. The highest BCUT2D eigenvalue weighted by molar-refractivity contribution is 8.00. The summed E-state index contributed by atoms with van der Waals surface area (Å²) >= 11 is 1.15. The maximum atomic E-state index is 2.83. The Labute approximate surface area is 34.8 Å². The van der Waals surface area contributed by atoms with Gasteiger partial charge in [-0.15, -0.1) is 11.4 Å². The summed E-state index contributed by atoms with van der Waals surface area (Å²) in [6.07, 6.45) is 4.64. The fourth-order valence-electron chi connectivity index (χ4n) is 0.186. The molecule has 1 aliphatic heterocycles. The van der Waals surface area contributed by atoms with E-state index in [1.165, 1.54) is 0 Å². The van der Waals surface area contributed by atoms with E-state index in [1.54, 1.807) is 0 Å². The molecule has 5 heavy (non-hydrogen) atoms. The van der Waals surface area contributed by atoms with Crippen LogP contribution in [0.3, 0.4) is 0 Å². The Morgan fingerprint density at radius 3 is 2.80 bits per heavy atom. The van der Waals surface area contributed by atoms with E-state index < -0.39 is 0 Å². The van der Waals surface area contributed by atoms with Crippen molar-refractivity contribution in [2.75, 3.05) is 0 Å². The van der Waals surface area contributed by atoms with Crippen LogP contribution in [0.5, 0.6) is 0 Å². The van der Waals surface area contributed by atoms with E-state index in [2.05, 4.69) is 11.1 Å². The van der Waals surface area contributed by atoms with Crippen LogP contribution in [0, 0.1) is 6.08 Å². The van der Waals surface area contributed by atoms with Gasteiger partial charge in [0, 0.05) is 6.08 Å². The smallest absolute Gasteiger partial charge is 0.0387 e. The van der Waals surface area contributed by atoms with Gasteiger partial charge in [0.25, 0.3) is 0 Å². The molecule has 1 rings (SSSR count). The van der Waals surface area contributed by atoms with Gasteiger partial charge >= 0.3 is 0 Å². The first-order valence-electron chi connectivity index (χ1n) is 1.35. The van der Waals surface area contributed by atoms with E-state index in [0.717, 1.165) is 11.4 Å². The van der Waals surface area contributed by atoms with Crippen LogP contribution < -0.4 is 0 Å². The summed E-state index contributed by atoms with van der Waals surface area (Å²) in [5.41, 5.74) is 0. The van der Waals surface area contributed by atoms with Crippen molar-refractivity contribution in [3.05, 3.63) is 17.6 Å². The minimum Gasteiger partial charge on any atom is -0.133 e. The van der Waals surface area contributed by atoms with Gasteiger partial charge in [-0.25, -0.2) is 0 Å². The molecule has 0 aliphatic carbocycles. The molecule has 1 aliphatic rings. The van der Waals surface area contributed by atoms with Crippen molar-refractivity contribution in [1.82, 2.24) is 0 Å². The standard InChI is InChI=1S/C4H3S/c1-2-4-5-3-1/h1,3,5H. The Bertz CT molecular complexity index is 94.8. The molecule has 0 atom stereocenters. The predicted octanol–water partition coefficient (Wildman–Crippen LogP) is 0.740. The third kappa shape index (κ3) is 0.504. The van der Waals surface area contributed by atoms with E-state index in [1.807, 2.05) is 11.5 Å². The van der Waals surface area contributed by atoms with Gasteiger partial charge in [0.05, 0.1) is 0 Å². The average Bonchev–Trinajstić information content (AvgIpc) is 1.76. The van der Waals surface area contributed by atoms with Crippen molar-refractivity contribution < 1.29 is 0 Å². The topological polar surface area (TPSA) is 0 Å². The summed E-state index contributed by atoms with van der Waals surface area (Å²) in [6, 6.07) is 0. The van der Waals surface area contributed by atoms with Crippen LogP contribution in [-0.4, -0.2) is 5.02 Å². The summed E-state index contributed by atoms with van der Waals surface area (Å²) in [4.78, 5) is 0. The van der Waals surface area contributed by atoms with Crippen LogP contribution in [0.15, 0.2) is 11.5 Å². The van der Waals surface area contributed by atoms with Crippen LogP contribution in [-0.2, 0) is 0 Å². The number of hydrogen-bond donors (Lipinski definition) is 1. The van der Waals surface area contributed by atoms with Crippen LogP contribution in [0.1, 0.15) is 0 Å². The first-order chi connectivity index (χ1) is 2.50. The Morgan fingerprint density at radius 2 is 2.60 bits per heavy atom. The molecular weight excluding hydrogens is 80.1 g/mol. The Kier molecular flexibility index (Phi) is 0.738. The summed E-state index contributed by atoms with van der Waals surface area (Å²) in [7, 11) is 0. The van der Waals surface area contributed by atoms with Gasteiger partial charge in [0.2, 0.25) is 0 Å². The maximum Gasteiger partial charge on any atom is 0.0387 e. The van der Waals surface area contributed by atoms with Crippen molar-refractivity contribution in [3.8, 4) is 0 Å². The van der Waals surface area contributed by atoms with E-state index in [0.29, 0.717) is 0 Å². The molecule has 1 heterocycles. The minimum absolute atomic E-state index is 1.15. The lowest BCUT2D eigenvalue weighted by atomic mass is 10.6. The lowest BCUT2D eigenvalue weighted by Crippen LogP contribution is -1.30. The monoisotopic (exact) mass is 83.0 g/mol. The fraction of sp³-hybridized carbons (Fsp3) is 0. The largest absolute Gasteiger partial charge is 0.133 e. The third-order valence-corrected chi connectivity index (χ3v) is 0.918. The third-order valence-electron chi connectivity index (χ3n) is 0.362. The SMILES string of the molecule is [C]1=C=[SH]C=C1. The summed E-state index contributed by atoms with van der Waals surface area (Å²) in [5.74, 6) is 0. The van der Waals surface area contributed by atoms with E-state index >= 15 is 0 Å². The Hall–Kier alpha value is -0.260. The second-order valence-corrected chi connectivity index (χ2v) is 1.48. The zero-order valence-corrected chi connectivity index (χ0v) is 3.50. The summed E-state index contributed by atoms with van der Waals surface area (Å²) in [5, 5.41) is 4.82. The normalized spacial score (nSPS) is 16.0. The highest BCUT2D eigenvalue weighted by Crippen LogP contribution is 1.88. The molecule has 1 radical (unpaired) electrons. The van der Waals surface area contributed by atoms with E-state index in [-0.39, 0.29) is 0 Å². The number of rotatable bonds is 0. The van der Waals surface area contributed by atoms with Crippen LogP contribution in [0.4, 0.5) is 0 Å². The van der Waals surface area contributed by atoms with Crippen LogP contribution in [0.2, 0.25) is 0 Å². The molecule has 0 aromatic heterocycles. The van der Waals surface area contributed by atoms with Gasteiger partial charge in [0.1, 0.15) is 0 Å². The second kappa shape index (κ2) is 1.25. The van der Waals surface area contributed by atoms with Crippen molar-refractivity contribution in [3.63, 3.8) is 0 Å². The highest BCUT2D eigenvalue weighted by atomic mass is 32.1. The van der Waals surface area contributed by atoms with Crippen molar-refractivity contribution >= 4 is 16.4 Å². The quantitative estimate of drug-likeness (QED) is 0.324. The predicted molar refractivity (Wildman–Crippen MR) is 26.4 cm³/mol. The molecule has 0 spiro atoms. The van der Waals surface area contributed by atoms with E-state index in [4.69, 9.17) is 0 Å². The molecule has 0 aromatic carbocycles. The van der Waals surface area contributed by atoms with Gasteiger partial charge in [-0.2, -0.15) is 0 Å². The summed E-state index contributed by atoms with van der Waals surface area (Å²) in [6.45, 7) is 0. The zero-order valence-electron chi connectivity index (χ0n) is 2.60. The first-order valence-corrected chi connectivity index (χ1v) is 2.32. The lowest BCUT2D eigenvalue weighted by molar-refractivity contribution is 2.10. The average molecular weight is 83.1 g/mol. The molecule has 0 saturated heterocycles. The highest BCUT2D eigenvalue weighted by Gasteiger charge is 1.61. The molecule has 0 nitrogen and oxygen atoms in total. The molecule has 25 valence electrons. The minimum atomic E-state index is 1.15. The van der Waals surface area contributed by atoms with Gasteiger partial charge in [-0.05, 0) is 11.5 Å². The first kappa shape index (κ1) is 2.95. The van der Waals surface area contributed by atoms with Crippen molar-refractivity contribution in [1.29, 1.82) is 0 Å². The molecule has 0 unspecified atom stereocenters. The molecule has 0 amide bonds.